The number of methoxy groups -OCH3 is 1. The van der Waals surface area contributed by atoms with Crippen molar-refractivity contribution in [2.24, 2.45) is 0 Å². The number of rotatable bonds is 11. The number of hydrogen-bond donors (Lipinski definition) is 1. The molecule has 0 aliphatic heterocycles. The highest BCUT2D eigenvalue weighted by molar-refractivity contribution is 6.31. The third-order valence-corrected chi connectivity index (χ3v) is 4.49. The summed E-state index contributed by atoms with van der Waals surface area (Å²) in [6.45, 7) is 5.09. The monoisotopic (exact) mass is 397 g/mol. The molecule has 2 aromatic carbocycles. The highest BCUT2D eigenvalue weighted by Gasteiger charge is 2.12. The predicted octanol–water partition coefficient (Wildman–Crippen LogP) is 5.10. The van der Waals surface area contributed by atoms with E-state index in [1.54, 1.807) is 13.2 Å². The van der Waals surface area contributed by atoms with Gasteiger partial charge in [0.2, 0.25) is 0 Å². The Morgan fingerprint density at radius 3 is 2.46 bits per heavy atom. The van der Waals surface area contributed by atoms with E-state index in [4.69, 9.17) is 37.4 Å². The van der Waals surface area contributed by atoms with Crippen LogP contribution in [0.5, 0.6) is 11.5 Å². The minimum atomic E-state index is 0.352. The maximum Gasteiger partial charge on any atom is 0.163 e. The maximum atomic E-state index is 6.43. The van der Waals surface area contributed by atoms with Gasteiger partial charge >= 0.3 is 0 Å². The van der Waals surface area contributed by atoms with E-state index < -0.39 is 0 Å². The molecule has 0 amide bonds. The number of nitrogens with one attached hydrogen (secondary N) is 1. The molecule has 142 valence electrons. The highest BCUT2D eigenvalue weighted by Crippen LogP contribution is 2.34. The molecule has 0 aliphatic rings. The van der Waals surface area contributed by atoms with Crippen LogP contribution in [0.2, 0.25) is 10.0 Å². The Morgan fingerprint density at radius 1 is 0.962 bits per heavy atom. The lowest BCUT2D eigenvalue weighted by Crippen LogP contribution is -2.16. The molecule has 0 spiro atoms. The van der Waals surface area contributed by atoms with Gasteiger partial charge in [-0.3, -0.25) is 0 Å². The first-order valence-electron chi connectivity index (χ1n) is 8.66. The Morgan fingerprint density at radius 2 is 1.73 bits per heavy atom. The molecule has 0 saturated carbocycles. The third kappa shape index (κ3) is 6.36. The number of benzene rings is 2. The van der Waals surface area contributed by atoms with E-state index in [0.29, 0.717) is 41.3 Å². The summed E-state index contributed by atoms with van der Waals surface area (Å²) in [6.07, 6.45) is 0.950. The second-order valence-corrected chi connectivity index (χ2v) is 6.54. The average Bonchev–Trinajstić information content (AvgIpc) is 2.63. The molecule has 0 unspecified atom stereocenters. The van der Waals surface area contributed by atoms with Crippen molar-refractivity contribution >= 4 is 23.2 Å². The fraction of sp³-hybridized carbons (Fsp3) is 0.400. The highest BCUT2D eigenvalue weighted by atomic mass is 35.5. The molecule has 4 nitrogen and oxygen atoms in total. The second-order valence-electron chi connectivity index (χ2n) is 5.73. The van der Waals surface area contributed by atoms with E-state index in [1.165, 1.54) is 0 Å². The van der Waals surface area contributed by atoms with E-state index in [1.807, 2.05) is 37.3 Å². The van der Waals surface area contributed by atoms with Gasteiger partial charge in [-0.05, 0) is 37.6 Å². The summed E-state index contributed by atoms with van der Waals surface area (Å²) >= 11 is 12.6. The summed E-state index contributed by atoms with van der Waals surface area (Å²) in [5.41, 5.74) is 1.88. The zero-order valence-electron chi connectivity index (χ0n) is 15.2. The number of halogens is 2. The zero-order chi connectivity index (χ0) is 18.8. The van der Waals surface area contributed by atoms with Crippen molar-refractivity contribution in [3.63, 3.8) is 0 Å². The molecule has 0 fully saturated rings. The molecular formula is C20H25Cl2NO3. The third-order valence-electron chi connectivity index (χ3n) is 3.77. The molecule has 0 radical (unpaired) electrons. The van der Waals surface area contributed by atoms with Crippen molar-refractivity contribution in [3.8, 4) is 11.5 Å². The van der Waals surface area contributed by atoms with Crippen LogP contribution in [0.3, 0.4) is 0 Å². The van der Waals surface area contributed by atoms with Crippen LogP contribution in [-0.2, 0) is 17.9 Å². The van der Waals surface area contributed by atoms with Crippen molar-refractivity contribution in [3.05, 3.63) is 57.6 Å². The van der Waals surface area contributed by atoms with Crippen LogP contribution in [0.25, 0.3) is 0 Å². The van der Waals surface area contributed by atoms with E-state index in [2.05, 4.69) is 5.32 Å². The molecule has 2 aromatic rings. The summed E-state index contributed by atoms with van der Waals surface area (Å²) in [4.78, 5) is 0. The van der Waals surface area contributed by atoms with Crippen LogP contribution >= 0.6 is 23.2 Å². The van der Waals surface area contributed by atoms with Gasteiger partial charge in [0.1, 0.15) is 6.61 Å². The molecule has 6 heteroatoms. The van der Waals surface area contributed by atoms with E-state index in [9.17, 15) is 0 Å². The van der Waals surface area contributed by atoms with Gasteiger partial charge in [-0.15, -0.1) is 0 Å². The van der Waals surface area contributed by atoms with Crippen molar-refractivity contribution in [2.75, 3.05) is 26.9 Å². The van der Waals surface area contributed by atoms with E-state index >= 15 is 0 Å². The second kappa shape index (κ2) is 11.3. The first-order valence-corrected chi connectivity index (χ1v) is 9.42. The fourth-order valence-corrected chi connectivity index (χ4v) is 2.84. The average molecular weight is 398 g/mol. The van der Waals surface area contributed by atoms with Crippen LogP contribution in [0, 0.1) is 0 Å². The maximum absolute atomic E-state index is 6.43. The SMILES string of the molecule is CCOc1cc(CNCCCOC)c(Cl)cc1OCc1ccccc1Cl. The van der Waals surface area contributed by atoms with Crippen LogP contribution < -0.4 is 14.8 Å². The summed E-state index contributed by atoms with van der Waals surface area (Å²) in [6, 6.07) is 11.3. The molecule has 0 heterocycles. The van der Waals surface area contributed by atoms with Gasteiger partial charge in [0.15, 0.2) is 11.5 Å². The minimum absolute atomic E-state index is 0.352. The quantitative estimate of drug-likeness (QED) is 0.535. The summed E-state index contributed by atoms with van der Waals surface area (Å²) in [7, 11) is 1.70. The first-order chi connectivity index (χ1) is 12.7. The standard InChI is InChI=1S/C20H25Cl2NO3/c1-3-25-19-11-16(13-23-9-6-10-24-2)18(22)12-20(19)26-14-15-7-4-5-8-17(15)21/h4-5,7-8,11-12,23H,3,6,9-10,13-14H2,1-2H3. The fourth-order valence-electron chi connectivity index (χ4n) is 2.43. The van der Waals surface area contributed by atoms with Gasteiger partial charge in [-0.25, -0.2) is 0 Å². The normalized spacial score (nSPS) is 10.8. The molecule has 1 N–H and O–H groups in total. The lowest BCUT2D eigenvalue weighted by atomic mass is 10.2. The Hall–Kier alpha value is -1.46. The van der Waals surface area contributed by atoms with Crippen LogP contribution in [0.4, 0.5) is 0 Å². The number of ether oxygens (including phenoxy) is 3. The van der Waals surface area contributed by atoms with Gasteiger partial charge in [-0.2, -0.15) is 0 Å². The van der Waals surface area contributed by atoms with E-state index in [0.717, 1.165) is 30.7 Å². The molecule has 0 saturated heterocycles. The summed E-state index contributed by atoms with van der Waals surface area (Å²) in [5, 5.41) is 4.67. The molecule has 0 bridgehead atoms. The summed E-state index contributed by atoms with van der Waals surface area (Å²) < 4.78 is 16.7. The van der Waals surface area contributed by atoms with E-state index in [-0.39, 0.29) is 0 Å². The van der Waals surface area contributed by atoms with Crippen LogP contribution in [-0.4, -0.2) is 26.9 Å². The van der Waals surface area contributed by atoms with Crippen LogP contribution in [0.15, 0.2) is 36.4 Å². The minimum Gasteiger partial charge on any atom is -0.490 e. The van der Waals surface area contributed by atoms with Crippen LogP contribution in [0.1, 0.15) is 24.5 Å². The molecule has 26 heavy (non-hydrogen) atoms. The molecule has 2 rings (SSSR count). The van der Waals surface area contributed by atoms with Gasteiger partial charge in [-0.1, -0.05) is 41.4 Å². The van der Waals surface area contributed by atoms with Crippen molar-refractivity contribution in [2.45, 2.75) is 26.5 Å². The lowest BCUT2D eigenvalue weighted by Gasteiger charge is -2.16. The molecular weight excluding hydrogens is 373 g/mol. The topological polar surface area (TPSA) is 39.7 Å². The van der Waals surface area contributed by atoms with Crippen molar-refractivity contribution in [1.82, 2.24) is 5.32 Å². The Bertz CT molecular complexity index is 695. The predicted molar refractivity (Wildman–Crippen MR) is 107 cm³/mol. The van der Waals surface area contributed by atoms with Gasteiger partial charge in [0, 0.05) is 41.9 Å². The molecule has 0 aliphatic carbocycles. The summed E-state index contributed by atoms with van der Waals surface area (Å²) in [5.74, 6) is 1.29. The smallest absolute Gasteiger partial charge is 0.163 e. The first kappa shape index (κ1) is 20.8. The Kier molecular flexibility index (Phi) is 9.06. The van der Waals surface area contributed by atoms with Gasteiger partial charge in [0.25, 0.3) is 0 Å². The Labute approximate surface area is 165 Å². The zero-order valence-corrected chi connectivity index (χ0v) is 16.7. The largest absolute Gasteiger partial charge is 0.490 e. The molecule has 0 atom stereocenters. The molecule has 0 aromatic heterocycles. The van der Waals surface area contributed by atoms with Gasteiger partial charge in [0.05, 0.1) is 6.61 Å². The van der Waals surface area contributed by atoms with Crippen molar-refractivity contribution < 1.29 is 14.2 Å². The van der Waals surface area contributed by atoms with Crippen molar-refractivity contribution in [1.29, 1.82) is 0 Å². The lowest BCUT2D eigenvalue weighted by molar-refractivity contribution is 0.194. The number of hydrogen-bond acceptors (Lipinski definition) is 4. The van der Waals surface area contributed by atoms with Gasteiger partial charge < -0.3 is 19.5 Å². The Balaban J connectivity index is 2.06.